The van der Waals surface area contributed by atoms with Gasteiger partial charge in [0.05, 0.1) is 5.54 Å². The lowest BCUT2D eigenvalue weighted by Gasteiger charge is -2.41. The number of halogens is 1. The van der Waals surface area contributed by atoms with Gasteiger partial charge >= 0.3 is 0 Å². The van der Waals surface area contributed by atoms with Gasteiger partial charge in [0.2, 0.25) is 5.91 Å². The Kier molecular flexibility index (Phi) is 3.35. The summed E-state index contributed by atoms with van der Waals surface area (Å²) in [6.45, 7) is 6.13. The fourth-order valence-corrected chi connectivity index (χ4v) is 2.05. The molecule has 4 nitrogen and oxygen atoms in total. The summed E-state index contributed by atoms with van der Waals surface area (Å²) in [7, 11) is 0. The monoisotopic (exact) mass is 253 g/mol. The molecule has 0 spiro atoms. The van der Waals surface area contributed by atoms with Gasteiger partial charge in [-0.25, -0.2) is 4.98 Å². The van der Waals surface area contributed by atoms with Gasteiger partial charge in [-0.05, 0) is 25.5 Å². The molecule has 0 aromatic carbocycles. The first-order valence-corrected chi connectivity index (χ1v) is 6.02. The van der Waals surface area contributed by atoms with Crippen molar-refractivity contribution in [1.82, 2.24) is 15.2 Å². The molecule has 2 rings (SSSR count). The molecule has 0 aliphatic carbocycles. The molecule has 1 aromatic rings. The minimum absolute atomic E-state index is 0.0747. The molecule has 1 N–H and O–H groups in total. The zero-order chi connectivity index (χ0) is 12.5. The molecule has 1 saturated heterocycles. The van der Waals surface area contributed by atoms with Gasteiger partial charge in [-0.15, -0.1) is 0 Å². The van der Waals surface area contributed by atoms with Gasteiger partial charge in [0, 0.05) is 25.8 Å². The summed E-state index contributed by atoms with van der Waals surface area (Å²) in [4.78, 5) is 18.0. The van der Waals surface area contributed by atoms with Crippen LogP contribution in [0.25, 0.3) is 0 Å². The molecular weight excluding hydrogens is 238 g/mol. The number of aromatic nitrogens is 1. The number of rotatable bonds is 2. The van der Waals surface area contributed by atoms with E-state index in [0.717, 1.165) is 12.1 Å². The highest BCUT2D eigenvalue weighted by atomic mass is 35.5. The summed E-state index contributed by atoms with van der Waals surface area (Å²) in [5.41, 5.74) is 0.593. The summed E-state index contributed by atoms with van der Waals surface area (Å²) < 4.78 is 0. The van der Waals surface area contributed by atoms with Gasteiger partial charge < -0.3 is 5.32 Å². The topological polar surface area (TPSA) is 45.2 Å². The van der Waals surface area contributed by atoms with Crippen molar-refractivity contribution < 1.29 is 4.79 Å². The zero-order valence-electron chi connectivity index (χ0n) is 10.0. The highest BCUT2D eigenvalue weighted by molar-refractivity contribution is 6.29. The van der Waals surface area contributed by atoms with Gasteiger partial charge in [0.1, 0.15) is 5.15 Å². The smallest absolute Gasteiger partial charge is 0.240 e. The fourth-order valence-electron chi connectivity index (χ4n) is 1.94. The molecule has 0 saturated carbocycles. The van der Waals surface area contributed by atoms with E-state index in [1.807, 2.05) is 19.9 Å². The van der Waals surface area contributed by atoms with E-state index in [1.165, 1.54) is 0 Å². The summed E-state index contributed by atoms with van der Waals surface area (Å²) in [6, 6.07) is 3.71. The van der Waals surface area contributed by atoms with Gasteiger partial charge in [0.15, 0.2) is 0 Å². The molecule has 1 aliphatic heterocycles. The zero-order valence-corrected chi connectivity index (χ0v) is 10.8. The summed E-state index contributed by atoms with van der Waals surface area (Å²) in [6.07, 6.45) is 1.75. The van der Waals surface area contributed by atoms with E-state index in [9.17, 15) is 4.79 Å². The Morgan fingerprint density at radius 2 is 2.29 bits per heavy atom. The first kappa shape index (κ1) is 12.3. The molecule has 1 fully saturated rings. The highest BCUT2D eigenvalue weighted by Gasteiger charge is 2.37. The molecule has 92 valence electrons. The van der Waals surface area contributed by atoms with Crippen LogP contribution in [0.3, 0.4) is 0 Å². The third-order valence-corrected chi connectivity index (χ3v) is 3.40. The Morgan fingerprint density at radius 1 is 1.53 bits per heavy atom. The first-order chi connectivity index (χ1) is 8.00. The second-order valence-corrected chi connectivity index (χ2v) is 5.11. The molecule has 1 aromatic heterocycles. The van der Waals surface area contributed by atoms with Crippen LogP contribution in [0.1, 0.15) is 19.4 Å². The Labute approximate surface area is 106 Å². The summed E-state index contributed by atoms with van der Waals surface area (Å²) in [5.74, 6) is 0.0747. The first-order valence-electron chi connectivity index (χ1n) is 5.64. The lowest BCUT2D eigenvalue weighted by molar-refractivity contribution is -0.135. The minimum atomic E-state index is -0.474. The lowest BCUT2D eigenvalue weighted by atomic mass is 9.98. The molecule has 0 unspecified atom stereocenters. The second-order valence-electron chi connectivity index (χ2n) is 4.73. The molecule has 1 aliphatic rings. The predicted octanol–water partition coefficient (Wildman–Crippen LogP) is 1.45. The highest BCUT2D eigenvalue weighted by Crippen LogP contribution is 2.20. The average molecular weight is 254 g/mol. The average Bonchev–Trinajstić information content (AvgIpc) is 2.28. The maximum Gasteiger partial charge on any atom is 0.240 e. The van der Waals surface area contributed by atoms with E-state index >= 15 is 0 Å². The number of hydrogen-bond acceptors (Lipinski definition) is 3. The Hall–Kier alpha value is -1.13. The number of hydrogen-bond donors (Lipinski definition) is 1. The number of carbonyl (C=O) groups is 1. The largest absolute Gasteiger partial charge is 0.353 e. The normalized spacial score (nSPS) is 20.1. The molecule has 2 heterocycles. The molecule has 1 amide bonds. The molecule has 0 bridgehead atoms. The van der Waals surface area contributed by atoms with Crippen LogP contribution >= 0.6 is 11.6 Å². The van der Waals surface area contributed by atoms with E-state index < -0.39 is 5.54 Å². The van der Waals surface area contributed by atoms with Crippen LogP contribution in [0.5, 0.6) is 0 Å². The van der Waals surface area contributed by atoms with E-state index in [4.69, 9.17) is 11.6 Å². The van der Waals surface area contributed by atoms with Crippen LogP contribution < -0.4 is 5.32 Å². The Balaban J connectivity index is 2.12. The number of nitrogens with one attached hydrogen (secondary N) is 1. The Morgan fingerprint density at radius 3 is 2.94 bits per heavy atom. The number of piperazine rings is 1. The number of amides is 1. The van der Waals surface area contributed by atoms with Crippen molar-refractivity contribution in [3.63, 3.8) is 0 Å². The van der Waals surface area contributed by atoms with Gasteiger partial charge in [-0.1, -0.05) is 17.7 Å². The molecule has 0 radical (unpaired) electrons. The van der Waals surface area contributed by atoms with Crippen LogP contribution in [0.2, 0.25) is 5.15 Å². The van der Waals surface area contributed by atoms with Crippen molar-refractivity contribution in [2.75, 3.05) is 13.1 Å². The minimum Gasteiger partial charge on any atom is -0.353 e. The number of nitrogens with zero attached hydrogens (tertiary/aromatic N) is 2. The van der Waals surface area contributed by atoms with Crippen LogP contribution in [-0.2, 0) is 11.3 Å². The number of pyridine rings is 1. The maximum absolute atomic E-state index is 11.8. The third kappa shape index (κ3) is 2.58. The fraction of sp³-hybridized carbons (Fsp3) is 0.500. The maximum atomic E-state index is 11.8. The Bertz CT molecular complexity index is 416. The van der Waals surface area contributed by atoms with E-state index in [-0.39, 0.29) is 5.91 Å². The standard InChI is InChI=1S/C12H16ClN3O/c1-12(2)11(17)14-5-6-16(12)8-9-3-4-10(13)15-7-9/h3-4,7H,5-6,8H2,1-2H3,(H,14,17). The van der Waals surface area contributed by atoms with Crippen LogP contribution in [0.15, 0.2) is 18.3 Å². The van der Waals surface area contributed by atoms with Crippen LogP contribution in [0, 0.1) is 0 Å². The predicted molar refractivity (Wildman–Crippen MR) is 66.7 cm³/mol. The molecule has 0 atom stereocenters. The summed E-state index contributed by atoms with van der Waals surface area (Å²) in [5, 5.41) is 3.37. The summed E-state index contributed by atoms with van der Waals surface area (Å²) >= 11 is 5.74. The molecule has 5 heteroatoms. The van der Waals surface area contributed by atoms with E-state index in [1.54, 1.807) is 12.3 Å². The SMILES string of the molecule is CC1(C)C(=O)NCCN1Cc1ccc(Cl)nc1. The van der Waals surface area contributed by atoms with Gasteiger partial charge in [0.25, 0.3) is 0 Å². The van der Waals surface area contributed by atoms with Crippen molar-refractivity contribution in [3.05, 3.63) is 29.0 Å². The number of carbonyl (C=O) groups excluding carboxylic acids is 1. The molecular formula is C12H16ClN3O. The molecule has 17 heavy (non-hydrogen) atoms. The van der Waals surface area contributed by atoms with Crippen molar-refractivity contribution >= 4 is 17.5 Å². The van der Waals surface area contributed by atoms with Crippen LogP contribution in [0.4, 0.5) is 0 Å². The van der Waals surface area contributed by atoms with Crippen LogP contribution in [-0.4, -0.2) is 34.4 Å². The quantitative estimate of drug-likeness (QED) is 0.812. The van der Waals surface area contributed by atoms with Gasteiger partial charge in [-0.3, -0.25) is 9.69 Å². The van der Waals surface area contributed by atoms with Crippen molar-refractivity contribution in [2.24, 2.45) is 0 Å². The third-order valence-electron chi connectivity index (χ3n) is 3.18. The van der Waals surface area contributed by atoms with Crippen molar-refractivity contribution in [1.29, 1.82) is 0 Å². The van der Waals surface area contributed by atoms with E-state index in [2.05, 4.69) is 15.2 Å². The van der Waals surface area contributed by atoms with Crippen molar-refractivity contribution in [2.45, 2.75) is 25.9 Å². The lowest BCUT2D eigenvalue weighted by Crippen LogP contribution is -2.61. The van der Waals surface area contributed by atoms with Gasteiger partial charge in [-0.2, -0.15) is 0 Å². The van der Waals surface area contributed by atoms with Crippen molar-refractivity contribution in [3.8, 4) is 0 Å². The van der Waals surface area contributed by atoms with E-state index in [0.29, 0.717) is 18.2 Å². The second kappa shape index (κ2) is 4.63.